The maximum absolute atomic E-state index is 12.6. The normalized spacial score (nSPS) is 18.1. The van der Waals surface area contributed by atoms with Gasteiger partial charge in [0, 0.05) is 17.6 Å². The number of nitrogens with one attached hydrogen (secondary N) is 1. The molecule has 0 unspecified atom stereocenters. The van der Waals surface area contributed by atoms with Gasteiger partial charge in [0.2, 0.25) is 5.91 Å². The van der Waals surface area contributed by atoms with E-state index in [9.17, 15) is 9.59 Å². The number of hydrogen-bond donors (Lipinski definition) is 1. The molecule has 1 heterocycles. The molecule has 1 fully saturated rings. The van der Waals surface area contributed by atoms with Crippen molar-refractivity contribution in [2.75, 3.05) is 13.1 Å². The highest BCUT2D eigenvalue weighted by Gasteiger charge is 2.41. The zero-order valence-corrected chi connectivity index (χ0v) is 13.0. The van der Waals surface area contributed by atoms with Crippen molar-refractivity contribution in [1.82, 2.24) is 10.2 Å². The van der Waals surface area contributed by atoms with Crippen LogP contribution in [0.3, 0.4) is 0 Å². The number of amides is 2. The van der Waals surface area contributed by atoms with E-state index in [2.05, 4.69) is 21.2 Å². The Morgan fingerprint density at radius 1 is 1.47 bits per heavy atom. The second-order valence-electron chi connectivity index (χ2n) is 4.87. The lowest BCUT2D eigenvalue weighted by molar-refractivity contribution is -0.133. The topological polar surface area (TPSA) is 49.4 Å². The monoisotopic (exact) mass is 344 g/mol. The van der Waals surface area contributed by atoms with Crippen molar-refractivity contribution in [3.05, 3.63) is 33.3 Å². The smallest absolute Gasteiger partial charge is 0.256 e. The summed E-state index contributed by atoms with van der Waals surface area (Å²) in [4.78, 5) is 26.0. The lowest BCUT2D eigenvalue weighted by Gasteiger charge is -2.41. The summed E-state index contributed by atoms with van der Waals surface area (Å²) in [5.41, 5.74) is -0.472. The van der Waals surface area contributed by atoms with E-state index in [1.165, 1.54) is 0 Å². The number of benzene rings is 1. The Kier molecular flexibility index (Phi) is 3.87. The van der Waals surface area contributed by atoms with Crippen LogP contribution >= 0.6 is 27.5 Å². The Labute approximate surface area is 125 Å². The number of nitrogens with zero attached hydrogens (tertiary/aromatic N) is 1. The van der Waals surface area contributed by atoms with Gasteiger partial charge in [0.15, 0.2) is 0 Å². The molecule has 1 aliphatic rings. The Hall–Kier alpha value is -1.07. The first kappa shape index (κ1) is 14.3. The summed E-state index contributed by atoms with van der Waals surface area (Å²) < 4.78 is 0.666. The van der Waals surface area contributed by atoms with Crippen LogP contribution in [0.1, 0.15) is 24.2 Å². The average Bonchev–Trinajstić information content (AvgIpc) is 2.35. The van der Waals surface area contributed by atoms with Crippen LogP contribution in [0.25, 0.3) is 0 Å². The maximum Gasteiger partial charge on any atom is 0.256 e. The van der Waals surface area contributed by atoms with E-state index in [4.69, 9.17) is 11.6 Å². The highest BCUT2D eigenvalue weighted by molar-refractivity contribution is 9.10. The zero-order chi connectivity index (χ0) is 14.2. The predicted octanol–water partition coefficient (Wildman–Crippen LogP) is 2.45. The van der Waals surface area contributed by atoms with Crippen molar-refractivity contribution in [1.29, 1.82) is 0 Å². The molecule has 0 spiro atoms. The van der Waals surface area contributed by atoms with Crippen LogP contribution < -0.4 is 5.32 Å². The third kappa shape index (κ3) is 2.49. The maximum atomic E-state index is 12.6. The van der Waals surface area contributed by atoms with Gasteiger partial charge >= 0.3 is 0 Å². The van der Waals surface area contributed by atoms with Crippen LogP contribution in [-0.4, -0.2) is 35.3 Å². The molecule has 1 saturated heterocycles. The van der Waals surface area contributed by atoms with Crippen LogP contribution in [0.5, 0.6) is 0 Å². The van der Waals surface area contributed by atoms with Crippen molar-refractivity contribution in [2.45, 2.75) is 19.4 Å². The summed E-state index contributed by atoms with van der Waals surface area (Å²) in [6, 6.07) is 5.19. The molecular formula is C13H14BrClN2O2. The first-order valence-electron chi connectivity index (χ1n) is 5.90. The molecule has 0 aromatic heterocycles. The van der Waals surface area contributed by atoms with Gasteiger partial charge in [-0.15, -0.1) is 0 Å². The van der Waals surface area contributed by atoms with Gasteiger partial charge in [0.25, 0.3) is 5.91 Å². The first-order chi connectivity index (χ1) is 8.85. The first-order valence-corrected chi connectivity index (χ1v) is 7.07. The van der Waals surface area contributed by atoms with Gasteiger partial charge in [-0.25, -0.2) is 0 Å². The molecule has 0 atom stereocenters. The van der Waals surface area contributed by atoms with Gasteiger partial charge < -0.3 is 10.2 Å². The lowest BCUT2D eigenvalue weighted by atomic mass is 9.97. The molecule has 0 aliphatic carbocycles. The summed E-state index contributed by atoms with van der Waals surface area (Å²) in [5, 5.41) is 3.13. The average molecular weight is 346 g/mol. The van der Waals surface area contributed by atoms with Gasteiger partial charge in [-0.05, 0) is 41.9 Å². The lowest BCUT2D eigenvalue weighted by Crippen LogP contribution is -2.63. The number of carbonyl (C=O) groups is 2. The van der Waals surface area contributed by atoms with E-state index in [-0.39, 0.29) is 11.8 Å². The molecule has 1 aliphatic heterocycles. The molecule has 6 heteroatoms. The van der Waals surface area contributed by atoms with Gasteiger partial charge in [0.1, 0.15) is 5.54 Å². The molecule has 102 valence electrons. The largest absolute Gasteiger partial charge is 0.352 e. The zero-order valence-electron chi connectivity index (χ0n) is 10.7. The quantitative estimate of drug-likeness (QED) is 0.850. The molecule has 4 nitrogen and oxygen atoms in total. The summed E-state index contributed by atoms with van der Waals surface area (Å²) in [5.74, 6) is -0.385. The molecule has 19 heavy (non-hydrogen) atoms. The number of piperazine rings is 1. The van der Waals surface area contributed by atoms with Crippen molar-refractivity contribution in [3.63, 3.8) is 0 Å². The second kappa shape index (κ2) is 5.13. The fourth-order valence-corrected chi connectivity index (χ4v) is 2.64. The summed E-state index contributed by atoms with van der Waals surface area (Å²) in [6.45, 7) is 4.39. The van der Waals surface area contributed by atoms with Crippen LogP contribution in [0.2, 0.25) is 5.02 Å². The summed E-state index contributed by atoms with van der Waals surface area (Å²) >= 11 is 9.44. The number of rotatable bonds is 1. The highest BCUT2D eigenvalue weighted by atomic mass is 79.9. The Morgan fingerprint density at radius 2 is 2.16 bits per heavy atom. The number of hydrogen-bond acceptors (Lipinski definition) is 2. The molecule has 2 amide bonds. The minimum absolute atomic E-state index is 0.154. The molecule has 0 radical (unpaired) electrons. The van der Waals surface area contributed by atoms with Gasteiger partial charge in [-0.3, -0.25) is 9.59 Å². The standard InChI is InChI=1S/C13H14BrClN2O2/c1-13(2)12(19)16-6-7-17(13)11(18)8-4-3-5-9(14)10(8)15/h3-5H,6-7H2,1-2H3,(H,16,19). The van der Waals surface area contributed by atoms with E-state index >= 15 is 0 Å². The Bertz CT molecular complexity index is 545. The Balaban J connectivity index is 2.38. The van der Waals surface area contributed by atoms with E-state index in [0.29, 0.717) is 28.1 Å². The fraction of sp³-hybridized carbons (Fsp3) is 0.385. The van der Waals surface area contributed by atoms with E-state index in [0.717, 1.165) is 0 Å². The van der Waals surface area contributed by atoms with Crippen LogP contribution in [0, 0.1) is 0 Å². The fourth-order valence-electron chi connectivity index (χ4n) is 2.07. The predicted molar refractivity (Wildman–Crippen MR) is 77.3 cm³/mol. The summed E-state index contributed by atoms with van der Waals surface area (Å²) in [6.07, 6.45) is 0. The van der Waals surface area contributed by atoms with Crippen molar-refractivity contribution in [3.8, 4) is 0 Å². The third-order valence-electron chi connectivity index (χ3n) is 3.28. The van der Waals surface area contributed by atoms with Crippen molar-refractivity contribution in [2.24, 2.45) is 0 Å². The van der Waals surface area contributed by atoms with Gasteiger partial charge in [0.05, 0.1) is 10.6 Å². The number of halogens is 2. The molecule has 0 saturated carbocycles. The molecule has 1 N–H and O–H groups in total. The van der Waals surface area contributed by atoms with Crippen LogP contribution in [0.4, 0.5) is 0 Å². The minimum Gasteiger partial charge on any atom is -0.352 e. The van der Waals surface area contributed by atoms with E-state index in [1.54, 1.807) is 36.9 Å². The van der Waals surface area contributed by atoms with E-state index < -0.39 is 5.54 Å². The summed E-state index contributed by atoms with van der Waals surface area (Å²) in [7, 11) is 0. The van der Waals surface area contributed by atoms with Gasteiger partial charge in [-0.1, -0.05) is 17.7 Å². The number of carbonyl (C=O) groups excluding carboxylic acids is 2. The second-order valence-corrected chi connectivity index (χ2v) is 6.11. The molecule has 1 aromatic carbocycles. The molecule has 0 bridgehead atoms. The van der Waals surface area contributed by atoms with Crippen LogP contribution in [0.15, 0.2) is 22.7 Å². The SMILES string of the molecule is CC1(C)C(=O)NCCN1C(=O)c1cccc(Br)c1Cl. The molecular weight excluding hydrogens is 332 g/mol. The molecule has 1 aromatic rings. The highest BCUT2D eigenvalue weighted by Crippen LogP contribution is 2.29. The van der Waals surface area contributed by atoms with E-state index in [1.807, 2.05) is 0 Å². The third-order valence-corrected chi connectivity index (χ3v) is 4.57. The van der Waals surface area contributed by atoms with Crippen LogP contribution in [-0.2, 0) is 4.79 Å². The minimum atomic E-state index is -0.874. The van der Waals surface area contributed by atoms with Crippen molar-refractivity contribution < 1.29 is 9.59 Å². The van der Waals surface area contributed by atoms with Crippen molar-refractivity contribution >= 4 is 39.3 Å². The van der Waals surface area contributed by atoms with Gasteiger partial charge in [-0.2, -0.15) is 0 Å². The molecule has 2 rings (SSSR count). The Morgan fingerprint density at radius 3 is 2.84 bits per heavy atom.